The molecule has 0 amide bonds. The van der Waals surface area contributed by atoms with Crippen LogP contribution in [-0.2, 0) is 16.0 Å². The van der Waals surface area contributed by atoms with Crippen molar-refractivity contribution in [3.63, 3.8) is 0 Å². The zero-order valence-corrected chi connectivity index (χ0v) is 12.2. The minimum atomic E-state index is -0.248. The fourth-order valence-corrected chi connectivity index (χ4v) is 2.64. The van der Waals surface area contributed by atoms with Gasteiger partial charge in [0.1, 0.15) is 5.69 Å². The molecule has 2 rings (SSSR count). The Labute approximate surface area is 114 Å². The van der Waals surface area contributed by atoms with E-state index >= 15 is 0 Å². The summed E-state index contributed by atoms with van der Waals surface area (Å²) in [7, 11) is 0. The van der Waals surface area contributed by atoms with Crippen LogP contribution in [0.2, 0.25) is 0 Å². The Balaban J connectivity index is 2.11. The zero-order chi connectivity index (χ0) is 14.0. The lowest BCUT2D eigenvalue weighted by atomic mass is 10.1. The predicted octanol–water partition coefficient (Wildman–Crippen LogP) is 2.93. The maximum atomic E-state index is 12.0. The molecule has 1 unspecified atom stereocenters. The largest absolute Gasteiger partial charge is 0.461 e. The molecule has 1 aliphatic heterocycles. The van der Waals surface area contributed by atoms with Gasteiger partial charge in [0.05, 0.1) is 18.3 Å². The molecule has 4 heteroatoms. The van der Waals surface area contributed by atoms with Crippen LogP contribution in [0, 0.1) is 6.92 Å². The number of aromatic nitrogens is 1. The lowest BCUT2D eigenvalue weighted by Crippen LogP contribution is -2.24. The Hall–Kier alpha value is -1.29. The molecule has 0 spiro atoms. The van der Waals surface area contributed by atoms with Gasteiger partial charge in [0, 0.05) is 12.7 Å². The van der Waals surface area contributed by atoms with Gasteiger partial charge in [-0.15, -0.1) is 0 Å². The van der Waals surface area contributed by atoms with E-state index in [9.17, 15) is 4.79 Å². The van der Waals surface area contributed by atoms with Crippen LogP contribution in [0.15, 0.2) is 12.3 Å². The van der Waals surface area contributed by atoms with E-state index in [0.29, 0.717) is 18.8 Å². The van der Waals surface area contributed by atoms with E-state index in [1.165, 1.54) is 0 Å². The second-order valence-electron chi connectivity index (χ2n) is 5.76. The molecule has 1 aromatic rings. The van der Waals surface area contributed by atoms with E-state index in [1.807, 2.05) is 30.7 Å². The van der Waals surface area contributed by atoms with Crippen molar-refractivity contribution in [1.29, 1.82) is 0 Å². The van der Waals surface area contributed by atoms with Crippen molar-refractivity contribution in [3.8, 4) is 0 Å². The average molecular weight is 265 g/mol. The number of carbonyl (C=O) groups excluding carboxylic acids is 1. The first kappa shape index (κ1) is 14.1. The van der Waals surface area contributed by atoms with Gasteiger partial charge in [-0.05, 0) is 52.2 Å². The quantitative estimate of drug-likeness (QED) is 0.786. The molecule has 106 valence electrons. The first-order valence-electron chi connectivity index (χ1n) is 6.93. The van der Waals surface area contributed by atoms with Crippen molar-refractivity contribution < 1.29 is 14.3 Å². The first-order chi connectivity index (χ1) is 8.93. The van der Waals surface area contributed by atoms with Gasteiger partial charge in [-0.3, -0.25) is 0 Å². The molecular formula is C15H23NO3. The van der Waals surface area contributed by atoms with E-state index in [-0.39, 0.29) is 17.7 Å². The van der Waals surface area contributed by atoms with Gasteiger partial charge in [0.25, 0.3) is 0 Å². The minimum absolute atomic E-state index is 0.0447. The molecule has 1 aliphatic rings. The lowest BCUT2D eigenvalue weighted by molar-refractivity contribution is -0.0219. The summed E-state index contributed by atoms with van der Waals surface area (Å²) in [5, 5.41) is 0. The molecule has 19 heavy (non-hydrogen) atoms. The van der Waals surface area contributed by atoms with Crippen molar-refractivity contribution in [3.05, 3.63) is 23.5 Å². The molecule has 2 heterocycles. The molecule has 1 saturated heterocycles. The Morgan fingerprint density at radius 3 is 2.89 bits per heavy atom. The van der Waals surface area contributed by atoms with Crippen LogP contribution in [0.5, 0.6) is 0 Å². The first-order valence-corrected chi connectivity index (χ1v) is 6.93. The number of hydrogen-bond donors (Lipinski definition) is 0. The summed E-state index contributed by atoms with van der Waals surface area (Å²) in [4.78, 5) is 12.0. The normalized spacial score (nSPS) is 21.6. The molecule has 4 nitrogen and oxygen atoms in total. The van der Waals surface area contributed by atoms with Gasteiger partial charge in [-0.2, -0.15) is 0 Å². The third-order valence-corrected chi connectivity index (χ3v) is 3.59. The summed E-state index contributed by atoms with van der Waals surface area (Å²) in [6, 6.07) is 1.95. The van der Waals surface area contributed by atoms with Gasteiger partial charge >= 0.3 is 5.97 Å². The fourth-order valence-electron chi connectivity index (χ4n) is 2.64. The van der Waals surface area contributed by atoms with E-state index in [4.69, 9.17) is 9.47 Å². The Morgan fingerprint density at radius 2 is 2.32 bits per heavy atom. The lowest BCUT2D eigenvalue weighted by Gasteiger charge is -2.20. The number of esters is 1. The highest BCUT2D eigenvalue weighted by molar-refractivity contribution is 5.89. The molecule has 0 aromatic carbocycles. The standard InChI is InChI=1S/C15H23NO3/c1-5-18-14(17)13-11(2)7-9-16(13)10-12-6-8-15(3,4)19-12/h7,9,12H,5-6,8,10H2,1-4H3. The monoisotopic (exact) mass is 265 g/mol. The smallest absolute Gasteiger partial charge is 0.355 e. The van der Waals surface area contributed by atoms with E-state index in [1.54, 1.807) is 0 Å². The number of nitrogens with zero attached hydrogens (tertiary/aromatic N) is 1. The second-order valence-corrected chi connectivity index (χ2v) is 5.76. The van der Waals surface area contributed by atoms with Crippen molar-refractivity contribution in [2.75, 3.05) is 6.61 Å². The van der Waals surface area contributed by atoms with E-state index < -0.39 is 0 Å². The molecule has 0 aliphatic carbocycles. The number of rotatable bonds is 4. The third kappa shape index (κ3) is 3.18. The minimum Gasteiger partial charge on any atom is -0.461 e. The molecule has 1 aromatic heterocycles. The summed E-state index contributed by atoms with van der Waals surface area (Å²) in [5.74, 6) is -0.248. The fraction of sp³-hybridized carbons (Fsp3) is 0.667. The highest BCUT2D eigenvalue weighted by Gasteiger charge is 2.32. The highest BCUT2D eigenvalue weighted by atomic mass is 16.5. The molecule has 1 fully saturated rings. The molecule has 0 radical (unpaired) electrons. The molecule has 1 atom stereocenters. The van der Waals surface area contributed by atoms with Gasteiger partial charge in [0.15, 0.2) is 0 Å². The van der Waals surface area contributed by atoms with Crippen molar-refractivity contribution in [2.24, 2.45) is 0 Å². The van der Waals surface area contributed by atoms with E-state index in [0.717, 1.165) is 18.4 Å². The average Bonchev–Trinajstić information content (AvgIpc) is 2.83. The van der Waals surface area contributed by atoms with Gasteiger partial charge in [-0.1, -0.05) is 0 Å². The molecule has 0 N–H and O–H groups in total. The summed E-state index contributed by atoms with van der Waals surface area (Å²) < 4.78 is 13.1. The SMILES string of the molecule is CCOC(=O)c1c(C)ccn1CC1CCC(C)(C)O1. The van der Waals surface area contributed by atoms with Gasteiger partial charge < -0.3 is 14.0 Å². The number of carbonyl (C=O) groups is 1. The van der Waals surface area contributed by atoms with E-state index in [2.05, 4.69) is 13.8 Å². The van der Waals surface area contributed by atoms with Crippen LogP contribution in [0.1, 0.15) is 49.7 Å². The van der Waals surface area contributed by atoms with Gasteiger partial charge in [0.2, 0.25) is 0 Å². The van der Waals surface area contributed by atoms with Crippen LogP contribution in [0.3, 0.4) is 0 Å². The summed E-state index contributed by atoms with van der Waals surface area (Å²) >= 11 is 0. The number of aryl methyl sites for hydroxylation is 1. The summed E-state index contributed by atoms with van der Waals surface area (Å²) in [5.41, 5.74) is 1.56. The Kier molecular flexibility index (Phi) is 3.99. The Bertz CT molecular complexity index is 462. The second kappa shape index (κ2) is 5.37. The number of hydrogen-bond acceptors (Lipinski definition) is 3. The van der Waals surface area contributed by atoms with Crippen molar-refractivity contribution >= 4 is 5.97 Å². The summed E-state index contributed by atoms with van der Waals surface area (Å²) in [6.45, 7) is 9.09. The van der Waals surface area contributed by atoms with Gasteiger partial charge in [-0.25, -0.2) is 4.79 Å². The van der Waals surface area contributed by atoms with Crippen LogP contribution in [-0.4, -0.2) is 28.8 Å². The van der Waals surface area contributed by atoms with Crippen LogP contribution in [0.25, 0.3) is 0 Å². The molecule has 0 saturated carbocycles. The topological polar surface area (TPSA) is 40.5 Å². The molecular weight excluding hydrogens is 242 g/mol. The summed E-state index contributed by atoms with van der Waals surface area (Å²) in [6.07, 6.45) is 4.21. The highest BCUT2D eigenvalue weighted by Crippen LogP contribution is 2.30. The maximum Gasteiger partial charge on any atom is 0.355 e. The van der Waals surface area contributed by atoms with Crippen LogP contribution >= 0.6 is 0 Å². The predicted molar refractivity (Wildman–Crippen MR) is 73.3 cm³/mol. The Morgan fingerprint density at radius 1 is 1.58 bits per heavy atom. The molecule has 0 bridgehead atoms. The van der Waals surface area contributed by atoms with Crippen LogP contribution in [0.4, 0.5) is 0 Å². The zero-order valence-electron chi connectivity index (χ0n) is 12.2. The van der Waals surface area contributed by atoms with Crippen molar-refractivity contribution in [1.82, 2.24) is 4.57 Å². The number of ether oxygens (including phenoxy) is 2. The third-order valence-electron chi connectivity index (χ3n) is 3.59. The maximum absolute atomic E-state index is 12.0. The van der Waals surface area contributed by atoms with Crippen molar-refractivity contribution in [2.45, 2.75) is 58.8 Å². The van der Waals surface area contributed by atoms with Crippen LogP contribution < -0.4 is 0 Å².